The zero-order chi connectivity index (χ0) is 32.5. The second kappa shape index (κ2) is 12.4. The molecule has 3 aromatic carbocycles. The number of aryl methyl sites for hydroxylation is 2. The summed E-state index contributed by atoms with van der Waals surface area (Å²) in [7, 11) is 0. The normalized spacial score (nSPS) is 12.5. The number of halogens is 3. The van der Waals surface area contributed by atoms with Crippen LogP contribution in [0.1, 0.15) is 56.0 Å². The van der Waals surface area contributed by atoms with Crippen LogP contribution < -0.4 is 14.9 Å². The molecule has 0 aliphatic rings. The Kier molecular flexibility index (Phi) is 8.70. The van der Waals surface area contributed by atoms with Crippen molar-refractivity contribution in [1.82, 2.24) is 24.6 Å². The van der Waals surface area contributed by atoms with Gasteiger partial charge in [0.1, 0.15) is 12.1 Å². The first-order valence-corrected chi connectivity index (χ1v) is 15.1. The highest BCUT2D eigenvalue weighted by Crippen LogP contribution is 2.27. The SMILES string of the molecule is Cc1ccc(C(C)C)c(-n2c(C)csc2=NC(=O)NC(C)(C)c2ccc(-c3ncn(-c4ccc(OC(F)(F)F)cc4)n3)cc2)c1. The van der Waals surface area contributed by atoms with Gasteiger partial charge in [0.2, 0.25) is 0 Å². The van der Waals surface area contributed by atoms with Crippen LogP contribution in [0.2, 0.25) is 0 Å². The molecule has 0 saturated heterocycles. The molecule has 12 heteroatoms. The molecule has 45 heavy (non-hydrogen) atoms. The summed E-state index contributed by atoms with van der Waals surface area (Å²) in [6.07, 6.45) is -3.28. The molecule has 0 unspecified atom stereocenters. The molecule has 2 amide bonds. The third-order valence-electron chi connectivity index (χ3n) is 7.24. The number of nitrogens with one attached hydrogen (secondary N) is 1. The molecule has 0 spiro atoms. The van der Waals surface area contributed by atoms with E-state index in [9.17, 15) is 18.0 Å². The number of hydrogen-bond donors (Lipinski definition) is 1. The Morgan fingerprint density at radius 2 is 1.69 bits per heavy atom. The number of thiazole rings is 1. The molecule has 0 atom stereocenters. The zero-order valence-electron chi connectivity index (χ0n) is 25.7. The lowest BCUT2D eigenvalue weighted by atomic mass is 9.93. The number of aromatic nitrogens is 4. The van der Waals surface area contributed by atoms with Gasteiger partial charge in [0.25, 0.3) is 0 Å². The topological polar surface area (TPSA) is 86.3 Å². The molecule has 0 aliphatic carbocycles. The number of amides is 2. The Bertz CT molecular complexity index is 1890. The van der Waals surface area contributed by atoms with Gasteiger partial charge in [0.05, 0.1) is 16.9 Å². The van der Waals surface area contributed by atoms with Crippen LogP contribution in [0.5, 0.6) is 5.75 Å². The van der Waals surface area contributed by atoms with Crippen LogP contribution in [0.3, 0.4) is 0 Å². The molecule has 2 heterocycles. The van der Waals surface area contributed by atoms with E-state index in [0.717, 1.165) is 28.1 Å². The van der Waals surface area contributed by atoms with E-state index in [1.165, 1.54) is 52.2 Å². The molecular formula is C33H33F3N6O2S. The van der Waals surface area contributed by atoms with Crippen molar-refractivity contribution >= 4 is 17.4 Å². The Labute approximate surface area is 262 Å². The second-order valence-electron chi connectivity index (χ2n) is 11.5. The number of carbonyl (C=O) groups is 1. The largest absolute Gasteiger partial charge is 0.573 e. The van der Waals surface area contributed by atoms with Crippen molar-refractivity contribution in [3.8, 4) is 28.5 Å². The van der Waals surface area contributed by atoms with E-state index in [2.05, 4.69) is 57.2 Å². The summed E-state index contributed by atoms with van der Waals surface area (Å²) < 4.78 is 44.8. The lowest BCUT2D eigenvalue weighted by molar-refractivity contribution is -0.274. The Morgan fingerprint density at radius 3 is 2.33 bits per heavy atom. The lowest BCUT2D eigenvalue weighted by Crippen LogP contribution is -2.40. The first-order valence-electron chi connectivity index (χ1n) is 14.2. The van der Waals surface area contributed by atoms with Gasteiger partial charge in [-0.3, -0.25) is 4.57 Å². The van der Waals surface area contributed by atoms with E-state index in [4.69, 9.17) is 0 Å². The van der Waals surface area contributed by atoms with Crippen LogP contribution in [-0.2, 0) is 5.54 Å². The fourth-order valence-corrected chi connectivity index (χ4v) is 5.77. The highest BCUT2D eigenvalue weighted by atomic mass is 32.1. The smallest absolute Gasteiger partial charge is 0.406 e. The van der Waals surface area contributed by atoms with Gasteiger partial charge in [-0.1, -0.05) is 50.2 Å². The average molecular weight is 635 g/mol. The number of nitrogens with zero attached hydrogens (tertiary/aromatic N) is 5. The minimum atomic E-state index is -4.76. The van der Waals surface area contributed by atoms with Crippen LogP contribution in [0.25, 0.3) is 22.8 Å². The minimum Gasteiger partial charge on any atom is -0.406 e. The number of ether oxygens (including phenoxy) is 1. The van der Waals surface area contributed by atoms with Crippen LogP contribution >= 0.6 is 11.3 Å². The molecule has 1 N–H and O–H groups in total. The monoisotopic (exact) mass is 634 g/mol. The summed E-state index contributed by atoms with van der Waals surface area (Å²) in [4.78, 5) is 22.6. The molecule has 5 aromatic rings. The molecule has 234 valence electrons. The first kappa shape index (κ1) is 31.7. The fourth-order valence-electron chi connectivity index (χ4n) is 4.91. The predicted molar refractivity (Wildman–Crippen MR) is 168 cm³/mol. The van der Waals surface area contributed by atoms with Gasteiger partial charge in [-0.25, -0.2) is 14.5 Å². The number of benzene rings is 3. The van der Waals surface area contributed by atoms with Crippen molar-refractivity contribution in [2.75, 3.05) is 0 Å². The number of alkyl halides is 3. The number of hydrogen-bond acceptors (Lipinski definition) is 5. The van der Waals surface area contributed by atoms with Crippen molar-refractivity contribution in [3.05, 3.63) is 106 Å². The van der Waals surface area contributed by atoms with Gasteiger partial charge in [-0.05, 0) is 80.6 Å². The third kappa shape index (κ3) is 7.34. The van der Waals surface area contributed by atoms with E-state index in [1.54, 1.807) is 0 Å². The maximum atomic E-state index is 13.2. The van der Waals surface area contributed by atoms with Gasteiger partial charge >= 0.3 is 12.4 Å². The summed E-state index contributed by atoms with van der Waals surface area (Å²) in [5.41, 5.74) is 5.69. The Balaban J connectivity index is 1.32. The van der Waals surface area contributed by atoms with Crippen LogP contribution in [0.15, 0.2) is 83.4 Å². The number of urea groups is 1. The van der Waals surface area contributed by atoms with Gasteiger partial charge < -0.3 is 10.1 Å². The van der Waals surface area contributed by atoms with E-state index >= 15 is 0 Å². The van der Waals surface area contributed by atoms with Crippen molar-refractivity contribution in [2.45, 2.75) is 59.4 Å². The van der Waals surface area contributed by atoms with E-state index in [0.29, 0.717) is 22.2 Å². The number of carbonyl (C=O) groups excluding carboxylic acids is 1. The van der Waals surface area contributed by atoms with Crippen molar-refractivity contribution < 1.29 is 22.7 Å². The highest BCUT2D eigenvalue weighted by molar-refractivity contribution is 7.07. The van der Waals surface area contributed by atoms with Gasteiger partial charge in [0.15, 0.2) is 10.6 Å². The standard InChI is InChI=1S/C33H33F3N6O2S/c1-20(2)27-16-7-21(3)17-28(27)42-22(4)18-45-31(42)38-30(43)39-32(5,6)24-10-8-23(9-11-24)29-37-19-41(40-29)25-12-14-26(15-13-25)44-33(34,35)36/h7-20H,1-6H3,(H,39,43). The fraction of sp³-hybridized carbons (Fsp3) is 0.273. The van der Waals surface area contributed by atoms with E-state index < -0.39 is 17.9 Å². The quantitative estimate of drug-likeness (QED) is 0.197. The van der Waals surface area contributed by atoms with Crippen LogP contribution in [-0.4, -0.2) is 31.7 Å². The zero-order valence-corrected chi connectivity index (χ0v) is 26.5. The minimum absolute atomic E-state index is 0.299. The van der Waals surface area contributed by atoms with Gasteiger partial charge in [-0.2, -0.15) is 4.99 Å². The van der Waals surface area contributed by atoms with E-state index in [1.807, 2.05) is 61.9 Å². The summed E-state index contributed by atoms with van der Waals surface area (Å²) in [5.74, 6) is 0.415. The third-order valence-corrected chi connectivity index (χ3v) is 8.18. The Hall–Kier alpha value is -4.71. The van der Waals surface area contributed by atoms with Crippen molar-refractivity contribution in [1.29, 1.82) is 0 Å². The molecule has 2 aromatic heterocycles. The lowest BCUT2D eigenvalue weighted by Gasteiger charge is -2.26. The first-order chi connectivity index (χ1) is 21.2. The molecule has 0 radical (unpaired) electrons. The highest BCUT2D eigenvalue weighted by Gasteiger charge is 2.31. The van der Waals surface area contributed by atoms with Crippen molar-refractivity contribution in [2.24, 2.45) is 4.99 Å². The predicted octanol–water partition coefficient (Wildman–Crippen LogP) is 7.97. The molecule has 0 bridgehead atoms. The number of rotatable bonds is 7. The summed E-state index contributed by atoms with van der Waals surface area (Å²) >= 11 is 1.42. The average Bonchev–Trinajstić information content (AvgIpc) is 3.59. The maximum Gasteiger partial charge on any atom is 0.573 e. The van der Waals surface area contributed by atoms with Gasteiger partial charge in [-0.15, -0.1) is 29.6 Å². The summed E-state index contributed by atoms with van der Waals surface area (Å²) in [6, 6.07) is 18.7. The molecule has 0 aliphatic heterocycles. The molecular weight excluding hydrogens is 601 g/mol. The van der Waals surface area contributed by atoms with Crippen LogP contribution in [0, 0.1) is 13.8 Å². The molecule has 0 saturated carbocycles. The Morgan fingerprint density at radius 1 is 1.00 bits per heavy atom. The molecule has 8 nitrogen and oxygen atoms in total. The second-order valence-corrected chi connectivity index (χ2v) is 12.3. The summed E-state index contributed by atoms with van der Waals surface area (Å²) in [6.45, 7) is 12.2. The van der Waals surface area contributed by atoms with Crippen LogP contribution in [0.4, 0.5) is 18.0 Å². The maximum absolute atomic E-state index is 13.2. The summed E-state index contributed by atoms with van der Waals surface area (Å²) in [5, 5.41) is 9.48. The van der Waals surface area contributed by atoms with Crippen molar-refractivity contribution in [3.63, 3.8) is 0 Å². The van der Waals surface area contributed by atoms with Gasteiger partial charge in [0, 0.05) is 16.6 Å². The molecule has 5 rings (SSSR count). The molecule has 0 fully saturated rings. The van der Waals surface area contributed by atoms with E-state index in [-0.39, 0.29) is 5.75 Å².